The number of hydrogen-bond donors (Lipinski definition) is 9. The molecular formula is C61H107NO13. The van der Waals surface area contributed by atoms with Crippen molar-refractivity contribution in [3.8, 4) is 0 Å². The molecule has 12 atom stereocenters. The van der Waals surface area contributed by atoms with Crippen molar-refractivity contribution in [3.63, 3.8) is 0 Å². The second-order valence-corrected chi connectivity index (χ2v) is 20.7. The Bertz CT molecular complexity index is 1530. The maximum Gasteiger partial charge on any atom is 0.220 e. The Hall–Kier alpha value is -2.57. The summed E-state index contributed by atoms with van der Waals surface area (Å²) in [7, 11) is 0. The molecule has 0 aromatic carbocycles. The van der Waals surface area contributed by atoms with Crippen LogP contribution < -0.4 is 5.32 Å². The van der Waals surface area contributed by atoms with Gasteiger partial charge in [0.05, 0.1) is 32.0 Å². The molecule has 0 radical (unpaired) electrons. The molecule has 2 aliphatic rings. The van der Waals surface area contributed by atoms with Crippen LogP contribution in [0.25, 0.3) is 0 Å². The molecule has 9 N–H and O–H groups in total. The zero-order valence-electron chi connectivity index (χ0n) is 46.5. The summed E-state index contributed by atoms with van der Waals surface area (Å²) in [6.45, 7) is 2.72. The zero-order valence-corrected chi connectivity index (χ0v) is 46.5. The molecule has 14 heteroatoms. The Labute approximate surface area is 453 Å². The predicted molar refractivity (Wildman–Crippen MR) is 300 cm³/mol. The highest BCUT2D eigenvalue weighted by Crippen LogP contribution is 2.30. The molecule has 12 unspecified atom stereocenters. The van der Waals surface area contributed by atoms with Gasteiger partial charge >= 0.3 is 0 Å². The topological polar surface area (TPSA) is 228 Å². The number of aliphatic hydroxyl groups excluding tert-OH is 8. The van der Waals surface area contributed by atoms with E-state index in [-0.39, 0.29) is 18.9 Å². The standard InChI is InChI=1S/C61H107NO13/c1-3-5-7-9-11-13-15-17-19-21-23-25-27-29-31-33-35-37-39-41-43-45-53(66)62-49(50(65)44-42-40-38-36-34-32-30-28-26-24-22-20-18-16-14-12-10-8-6-4-2)48-72-60-58(71)56(69)59(52(47-64)74-60)75-61-57(70)55(68)54(67)51(46-63)73-61/h5,7,11,13,17,19,23,25,29,31,35,37,49-52,54-61,63-65,67-71H,3-4,6,8-10,12,14-16,18,20-22,24,26-28,30,32-34,36,38-48H2,1-2H3,(H,62,66)/b7-5-,13-11-,19-17-,25-23-,31-29-,37-35-. The maximum atomic E-state index is 13.3. The average Bonchev–Trinajstić information content (AvgIpc) is 3.41. The second-order valence-electron chi connectivity index (χ2n) is 20.7. The van der Waals surface area contributed by atoms with Crippen molar-refractivity contribution < 1.29 is 64.6 Å². The largest absolute Gasteiger partial charge is 0.394 e. The maximum absolute atomic E-state index is 13.3. The predicted octanol–water partition coefficient (Wildman–Crippen LogP) is 9.94. The van der Waals surface area contributed by atoms with Gasteiger partial charge in [0.2, 0.25) is 5.91 Å². The molecule has 1 amide bonds. The van der Waals surface area contributed by atoms with Gasteiger partial charge in [-0.25, -0.2) is 0 Å². The molecule has 0 aromatic rings. The van der Waals surface area contributed by atoms with E-state index in [2.05, 4.69) is 92.1 Å². The zero-order chi connectivity index (χ0) is 54.6. The van der Waals surface area contributed by atoms with Gasteiger partial charge in [0.25, 0.3) is 0 Å². The van der Waals surface area contributed by atoms with E-state index in [0.29, 0.717) is 12.8 Å². The molecule has 2 aliphatic heterocycles. The number of carbonyl (C=O) groups excluding carboxylic acids is 1. The summed E-state index contributed by atoms with van der Waals surface area (Å²) in [5, 5.41) is 87.2. The molecule has 0 aliphatic carbocycles. The molecule has 2 heterocycles. The first kappa shape index (κ1) is 68.5. The summed E-state index contributed by atoms with van der Waals surface area (Å²) in [5.74, 6) is -0.250. The smallest absolute Gasteiger partial charge is 0.220 e. The third-order valence-electron chi connectivity index (χ3n) is 14.2. The Morgan fingerprint density at radius 2 is 0.920 bits per heavy atom. The van der Waals surface area contributed by atoms with Gasteiger partial charge in [0.1, 0.15) is 48.8 Å². The molecular weight excluding hydrogens is 955 g/mol. The van der Waals surface area contributed by atoms with E-state index in [1.54, 1.807) is 0 Å². The normalized spacial score (nSPS) is 25.6. The SMILES string of the molecule is CC/C=C\C/C=C\C/C=C\C/C=C\C/C=C\C/C=C\CCCCC(=O)NC(COC1OC(CO)C(OC2OC(CO)C(O)C(O)C2O)C(O)C1O)C(O)CCCCCCCCCCCCCCCCCCCCCC. The van der Waals surface area contributed by atoms with Crippen molar-refractivity contribution in [1.29, 1.82) is 0 Å². The van der Waals surface area contributed by atoms with Gasteiger partial charge in [-0.1, -0.05) is 215 Å². The quantitative estimate of drug-likeness (QED) is 0.0205. The van der Waals surface area contributed by atoms with Crippen LogP contribution in [-0.2, 0) is 23.7 Å². The van der Waals surface area contributed by atoms with Crippen LogP contribution in [0.3, 0.4) is 0 Å². The fourth-order valence-corrected chi connectivity index (χ4v) is 9.42. The van der Waals surface area contributed by atoms with Crippen LogP contribution in [-0.4, -0.2) is 140 Å². The number of ether oxygens (including phenoxy) is 4. The Morgan fingerprint density at radius 3 is 1.39 bits per heavy atom. The van der Waals surface area contributed by atoms with Crippen LogP contribution in [0.15, 0.2) is 72.9 Å². The molecule has 0 bridgehead atoms. The van der Waals surface area contributed by atoms with E-state index >= 15 is 0 Å². The number of allylic oxidation sites excluding steroid dienone is 12. The van der Waals surface area contributed by atoms with Crippen molar-refractivity contribution in [2.24, 2.45) is 0 Å². The van der Waals surface area contributed by atoms with E-state index < -0.39 is 86.8 Å². The molecule has 0 saturated carbocycles. The van der Waals surface area contributed by atoms with E-state index in [1.165, 1.54) is 103 Å². The van der Waals surface area contributed by atoms with Crippen molar-refractivity contribution in [2.45, 2.75) is 286 Å². The van der Waals surface area contributed by atoms with Crippen molar-refractivity contribution in [2.75, 3.05) is 19.8 Å². The van der Waals surface area contributed by atoms with Gasteiger partial charge < -0.3 is 65.1 Å². The minimum atomic E-state index is -1.79. The summed E-state index contributed by atoms with van der Waals surface area (Å²) in [6.07, 6.45) is 43.2. The minimum absolute atomic E-state index is 0.246. The number of unbranched alkanes of at least 4 members (excludes halogenated alkanes) is 21. The highest BCUT2D eigenvalue weighted by atomic mass is 16.7. The lowest BCUT2D eigenvalue weighted by atomic mass is 9.97. The van der Waals surface area contributed by atoms with Crippen LogP contribution >= 0.6 is 0 Å². The van der Waals surface area contributed by atoms with E-state index in [1.807, 2.05) is 0 Å². The third kappa shape index (κ3) is 32.2. The Morgan fingerprint density at radius 1 is 0.493 bits per heavy atom. The molecule has 2 saturated heterocycles. The lowest BCUT2D eigenvalue weighted by molar-refractivity contribution is -0.359. The highest BCUT2D eigenvalue weighted by Gasteiger charge is 2.51. The molecule has 75 heavy (non-hydrogen) atoms. The van der Waals surface area contributed by atoms with Crippen LogP contribution in [0.5, 0.6) is 0 Å². The molecule has 434 valence electrons. The van der Waals surface area contributed by atoms with E-state index in [9.17, 15) is 45.6 Å². The van der Waals surface area contributed by atoms with Gasteiger partial charge in [-0.15, -0.1) is 0 Å². The first-order valence-electron chi connectivity index (χ1n) is 29.7. The lowest BCUT2D eigenvalue weighted by Gasteiger charge is -2.46. The summed E-state index contributed by atoms with van der Waals surface area (Å²) in [5.41, 5.74) is 0. The van der Waals surface area contributed by atoms with Crippen molar-refractivity contribution in [1.82, 2.24) is 5.32 Å². The Kier molecular flexibility index (Phi) is 42.4. The summed E-state index contributed by atoms with van der Waals surface area (Å²) in [6, 6.07) is -0.857. The molecule has 0 spiro atoms. The van der Waals surface area contributed by atoms with E-state index in [0.717, 1.165) is 77.0 Å². The monoisotopic (exact) mass is 1060 g/mol. The molecule has 2 fully saturated rings. The summed E-state index contributed by atoms with van der Waals surface area (Å²) in [4.78, 5) is 13.3. The van der Waals surface area contributed by atoms with Crippen LogP contribution in [0.1, 0.15) is 213 Å². The van der Waals surface area contributed by atoms with Gasteiger partial charge in [-0.3, -0.25) is 4.79 Å². The summed E-state index contributed by atoms with van der Waals surface area (Å²) < 4.78 is 22.8. The van der Waals surface area contributed by atoms with Crippen LogP contribution in [0.2, 0.25) is 0 Å². The van der Waals surface area contributed by atoms with Gasteiger partial charge in [-0.05, 0) is 64.2 Å². The van der Waals surface area contributed by atoms with Gasteiger partial charge in [0, 0.05) is 6.42 Å². The average molecular weight is 1060 g/mol. The number of hydrogen-bond acceptors (Lipinski definition) is 13. The molecule has 14 nitrogen and oxygen atoms in total. The lowest BCUT2D eigenvalue weighted by Crippen LogP contribution is -2.65. The highest BCUT2D eigenvalue weighted by molar-refractivity contribution is 5.76. The van der Waals surface area contributed by atoms with Gasteiger partial charge in [-0.2, -0.15) is 0 Å². The number of rotatable bonds is 46. The number of nitrogens with one attached hydrogen (secondary N) is 1. The van der Waals surface area contributed by atoms with Gasteiger partial charge in [0.15, 0.2) is 12.6 Å². The third-order valence-corrected chi connectivity index (χ3v) is 14.2. The Balaban J connectivity index is 1.79. The first-order valence-corrected chi connectivity index (χ1v) is 29.7. The fraction of sp³-hybridized carbons (Fsp3) is 0.787. The summed E-state index contributed by atoms with van der Waals surface area (Å²) >= 11 is 0. The molecule has 0 aromatic heterocycles. The first-order chi connectivity index (χ1) is 36.6. The number of aliphatic hydroxyl groups is 8. The fourth-order valence-electron chi connectivity index (χ4n) is 9.42. The second kappa shape index (κ2) is 46.4. The van der Waals surface area contributed by atoms with Crippen LogP contribution in [0, 0.1) is 0 Å². The van der Waals surface area contributed by atoms with E-state index in [4.69, 9.17) is 18.9 Å². The number of amides is 1. The minimum Gasteiger partial charge on any atom is -0.394 e. The van der Waals surface area contributed by atoms with Crippen molar-refractivity contribution >= 4 is 5.91 Å². The molecule has 2 rings (SSSR count). The number of carbonyl (C=O) groups is 1. The van der Waals surface area contributed by atoms with Crippen molar-refractivity contribution in [3.05, 3.63) is 72.9 Å². The van der Waals surface area contributed by atoms with Crippen LogP contribution in [0.4, 0.5) is 0 Å².